The van der Waals surface area contributed by atoms with Crippen LogP contribution in [0, 0.1) is 0 Å². The predicted molar refractivity (Wildman–Crippen MR) is 118 cm³/mol. The van der Waals surface area contributed by atoms with Gasteiger partial charge in [0, 0.05) is 46.2 Å². The molecular formula is C21H28N4O6S. The second kappa shape index (κ2) is 9.16. The number of nitrogens with zero attached hydrogens (tertiary/aromatic N) is 4. The van der Waals surface area contributed by atoms with Gasteiger partial charge in [0.05, 0.1) is 29.0 Å². The van der Waals surface area contributed by atoms with Gasteiger partial charge in [-0.2, -0.15) is 4.31 Å². The van der Waals surface area contributed by atoms with Crippen molar-refractivity contribution in [3.63, 3.8) is 0 Å². The smallest absolute Gasteiger partial charge is 0.331 e. The highest BCUT2D eigenvalue weighted by Gasteiger charge is 2.27. The van der Waals surface area contributed by atoms with E-state index < -0.39 is 21.3 Å². The monoisotopic (exact) mass is 464 g/mol. The fourth-order valence-corrected chi connectivity index (χ4v) is 5.73. The number of aryl methyl sites for hydroxylation is 1. The van der Waals surface area contributed by atoms with E-state index in [0.29, 0.717) is 31.8 Å². The molecule has 2 fully saturated rings. The molecule has 0 atom stereocenters. The van der Waals surface area contributed by atoms with Crippen LogP contribution in [0.4, 0.5) is 0 Å². The minimum absolute atomic E-state index is 0.00130. The van der Waals surface area contributed by atoms with Crippen molar-refractivity contribution in [3.05, 3.63) is 39.0 Å². The summed E-state index contributed by atoms with van der Waals surface area (Å²) in [5, 5.41) is 0.131. The Labute approximate surface area is 186 Å². The van der Waals surface area contributed by atoms with Gasteiger partial charge >= 0.3 is 5.69 Å². The summed E-state index contributed by atoms with van der Waals surface area (Å²) in [4.78, 5) is 40.2. The van der Waals surface area contributed by atoms with Gasteiger partial charge in [-0.1, -0.05) is 0 Å². The molecule has 1 amide bonds. The number of hydrogen-bond acceptors (Lipinski definition) is 6. The van der Waals surface area contributed by atoms with Crippen LogP contribution in [0.15, 0.2) is 32.7 Å². The molecule has 11 heteroatoms. The standard InChI is InChI=1S/C21H28N4O6S/c1-22-18-6-5-16(32(29,30)24-11-13-31-14-12-24)15-17(18)20(27)25(21(22)28)10-7-19(26)23-8-3-2-4-9-23/h5-6,15H,2-4,7-14H2,1H3. The SMILES string of the molecule is Cn1c(=O)n(CCC(=O)N2CCCCC2)c(=O)c2cc(S(=O)(=O)N3CCOCC3)ccc21. The Hall–Kier alpha value is -2.50. The fourth-order valence-electron chi connectivity index (χ4n) is 4.30. The summed E-state index contributed by atoms with van der Waals surface area (Å²) in [6, 6.07) is 4.22. The number of sulfonamides is 1. The second-order valence-electron chi connectivity index (χ2n) is 8.19. The van der Waals surface area contributed by atoms with Gasteiger partial charge in [0.25, 0.3) is 5.56 Å². The topological polar surface area (TPSA) is 111 Å². The average Bonchev–Trinajstić information content (AvgIpc) is 2.83. The molecule has 0 aliphatic carbocycles. The number of aromatic nitrogens is 2. The lowest BCUT2D eigenvalue weighted by Gasteiger charge is -2.27. The zero-order valence-electron chi connectivity index (χ0n) is 18.2. The Morgan fingerprint density at radius 3 is 2.41 bits per heavy atom. The number of likely N-dealkylation sites (tertiary alicyclic amines) is 1. The number of carbonyl (C=O) groups is 1. The molecule has 10 nitrogen and oxygen atoms in total. The van der Waals surface area contributed by atoms with Gasteiger partial charge in [-0.3, -0.25) is 18.7 Å². The van der Waals surface area contributed by atoms with E-state index in [-0.39, 0.29) is 42.2 Å². The van der Waals surface area contributed by atoms with E-state index in [1.807, 2.05) is 0 Å². The molecule has 32 heavy (non-hydrogen) atoms. The fraction of sp³-hybridized carbons (Fsp3) is 0.571. The molecule has 2 saturated heterocycles. The maximum Gasteiger partial charge on any atom is 0.331 e. The number of morpholine rings is 1. The van der Waals surface area contributed by atoms with Crippen molar-refractivity contribution in [1.29, 1.82) is 0 Å². The number of fused-ring (bicyclic) bond motifs is 1. The highest BCUT2D eigenvalue weighted by atomic mass is 32.2. The molecule has 2 aromatic rings. The van der Waals surface area contributed by atoms with Crippen LogP contribution in [0.3, 0.4) is 0 Å². The number of rotatable bonds is 5. The number of ether oxygens (including phenoxy) is 1. The van der Waals surface area contributed by atoms with E-state index in [4.69, 9.17) is 4.74 Å². The molecule has 0 spiro atoms. The normalized spacial score (nSPS) is 18.2. The molecule has 1 aromatic heterocycles. The highest BCUT2D eigenvalue weighted by molar-refractivity contribution is 7.89. The Balaban J connectivity index is 1.67. The lowest BCUT2D eigenvalue weighted by molar-refractivity contribution is -0.132. The lowest BCUT2D eigenvalue weighted by atomic mass is 10.1. The van der Waals surface area contributed by atoms with Gasteiger partial charge < -0.3 is 9.64 Å². The minimum atomic E-state index is -3.79. The third-order valence-electron chi connectivity index (χ3n) is 6.19. The first kappa shape index (κ1) is 22.7. The summed E-state index contributed by atoms with van der Waals surface area (Å²) in [6.45, 7) is 2.49. The molecule has 174 valence electrons. The van der Waals surface area contributed by atoms with Gasteiger partial charge in [-0.25, -0.2) is 13.2 Å². The van der Waals surface area contributed by atoms with Crippen molar-refractivity contribution in [3.8, 4) is 0 Å². The molecule has 4 rings (SSSR count). The number of amides is 1. The van der Waals surface area contributed by atoms with Crippen LogP contribution in [0.25, 0.3) is 10.9 Å². The van der Waals surface area contributed by atoms with Gasteiger partial charge in [0.2, 0.25) is 15.9 Å². The molecule has 2 aliphatic heterocycles. The molecule has 0 unspecified atom stereocenters. The zero-order valence-corrected chi connectivity index (χ0v) is 19.0. The summed E-state index contributed by atoms with van der Waals surface area (Å²) in [5.41, 5.74) is -0.772. The maximum absolute atomic E-state index is 13.1. The number of benzene rings is 1. The molecule has 1 aromatic carbocycles. The maximum atomic E-state index is 13.1. The van der Waals surface area contributed by atoms with Crippen molar-refractivity contribution in [2.24, 2.45) is 7.05 Å². The summed E-state index contributed by atoms with van der Waals surface area (Å²) in [7, 11) is -2.26. The average molecular weight is 465 g/mol. The lowest BCUT2D eigenvalue weighted by Crippen LogP contribution is -2.42. The Bertz CT molecular complexity index is 1240. The van der Waals surface area contributed by atoms with Crippen LogP contribution in [-0.2, 0) is 33.1 Å². The van der Waals surface area contributed by atoms with Gasteiger partial charge in [-0.05, 0) is 37.5 Å². The molecule has 3 heterocycles. The molecule has 2 aliphatic rings. The quantitative estimate of drug-likeness (QED) is 0.622. The molecule has 0 saturated carbocycles. The third kappa shape index (κ3) is 4.24. The third-order valence-corrected chi connectivity index (χ3v) is 8.08. The van der Waals surface area contributed by atoms with Crippen molar-refractivity contribution < 1.29 is 17.9 Å². The van der Waals surface area contributed by atoms with E-state index in [0.717, 1.165) is 23.8 Å². The highest BCUT2D eigenvalue weighted by Crippen LogP contribution is 2.20. The zero-order chi connectivity index (χ0) is 22.9. The molecule has 0 N–H and O–H groups in total. The predicted octanol–water partition coefficient (Wildman–Crippen LogP) is 0.124. The van der Waals surface area contributed by atoms with Crippen LogP contribution in [0.1, 0.15) is 25.7 Å². The molecular weight excluding hydrogens is 436 g/mol. The van der Waals surface area contributed by atoms with Crippen LogP contribution in [-0.4, -0.2) is 72.1 Å². The largest absolute Gasteiger partial charge is 0.379 e. The van der Waals surface area contributed by atoms with Crippen molar-refractivity contribution in [2.75, 3.05) is 39.4 Å². The first-order valence-electron chi connectivity index (χ1n) is 10.9. The summed E-state index contributed by atoms with van der Waals surface area (Å²) >= 11 is 0. The van der Waals surface area contributed by atoms with E-state index in [1.54, 1.807) is 4.90 Å². The Morgan fingerprint density at radius 2 is 1.72 bits per heavy atom. The van der Waals surface area contributed by atoms with E-state index in [1.165, 1.54) is 34.1 Å². The van der Waals surface area contributed by atoms with Gasteiger partial charge in [-0.15, -0.1) is 0 Å². The number of carbonyl (C=O) groups excluding carboxylic acids is 1. The van der Waals surface area contributed by atoms with E-state index >= 15 is 0 Å². The van der Waals surface area contributed by atoms with Crippen LogP contribution < -0.4 is 11.2 Å². The number of piperidine rings is 1. The van der Waals surface area contributed by atoms with Crippen LogP contribution >= 0.6 is 0 Å². The van der Waals surface area contributed by atoms with Crippen molar-refractivity contribution in [2.45, 2.75) is 37.1 Å². The van der Waals surface area contributed by atoms with E-state index in [9.17, 15) is 22.8 Å². The van der Waals surface area contributed by atoms with Gasteiger partial charge in [0.1, 0.15) is 0 Å². The van der Waals surface area contributed by atoms with Crippen LogP contribution in [0.2, 0.25) is 0 Å². The Kier molecular flexibility index (Phi) is 6.50. The van der Waals surface area contributed by atoms with Gasteiger partial charge in [0.15, 0.2) is 0 Å². The molecule has 0 radical (unpaired) electrons. The van der Waals surface area contributed by atoms with Crippen molar-refractivity contribution >= 4 is 26.8 Å². The Morgan fingerprint density at radius 1 is 1.03 bits per heavy atom. The summed E-state index contributed by atoms with van der Waals surface area (Å²) in [6.07, 6.45) is 3.07. The second-order valence-corrected chi connectivity index (χ2v) is 10.1. The first-order chi connectivity index (χ1) is 15.3. The van der Waals surface area contributed by atoms with Crippen LogP contribution in [0.5, 0.6) is 0 Å². The van der Waals surface area contributed by atoms with Crippen molar-refractivity contribution in [1.82, 2.24) is 18.3 Å². The summed E-state index contributed by atoms with van der Waals surface area (Å²) < 4.78 is 34.9. The summed E-state index contributed by atoms with van der Waals surface area (Å²) in [5.74, 6) is -0.0811. The minimum Gasteiger partial charge on any atom is -0.379 e. The van der Waals surface area contributed by atoms with E-state index in [2.05, 4.69) is 0 Å². The molecule has 0 bridgehead atoms. The number of hydrogen-bond donors (Lipinski definition) is 0. The first-order valence-corrected chi connectivity index (χ1v) is 12.3.